The molecule has 2 aromatic heterocycles. The summed E-state index contributed by atoms with van der Waals surface area (Å²) in [6, 6.07) is 11.7. The van der Waals surface area contributed by atoms with Crippen LogP contribution in [0.4, 0.5) is 5.95 Å². The van der Waals surface area contributed by atoms with Crippen LogP contribution in [-0.4, -0.2) is 21.5 Å². The molecule has 0 saturated carbocycles. The van der Waals surface area contributed by atoms with Crippen LogP contribution in [0.25, 0.3) is 10.6 Å². The van der Waals surface area contributed by atoms with E-state index in [9.17, 15) is 4.79 Å². The minimum atomic E-state index is -0.115. The minimum Gasteiger partial charge on any atom is -0.355 e. The fourth-order valence-corrected chi connectivity index (χ4v) is 3.28. The number of benzene rings is 1. The first kappa shape index (κ1) is 16.4. The number of aromatic nitrogens is 3. The van der Waals surface area contributed by atoms with Gasteiger partial charge < -0.3 is 5.32 Å². The lowest BCUT2D eigenvalue weighted by molar-refractivity contribution is 0.860. The zero-order chi connectivity index (χ0) is 16.8. The lowest BCUT2D eigenvalue weighted by Gasteiger charge is -2.05. The Morgan fingerprint density at radius 1 is 1.12 bits per heavy atom. The van der Waals surface area contributed by atoms with E-state index in [2.05, 4.69) is 44.7 Å². The third-order valence-electron chi connectivity index (χ3n) is 3.55. The highest BCUT2D eigenvalue weighted by Gasteiger charge is 2.05. The molecule has 0 radical (unpaired) electrons. The lowest BCUT2D eigenvalue weighted by atomic mass is 10.2. The highest BCUT2D eigenvalue weighted by Crippen LogP contribution is 2.23. The van der Waals surface area contributed by atoms with Gasteiger partial charge in [0.25, 0.3) is 5.56 Å². The summed E-state index contributed by atoms with van der Waals surface area (Å²) in [4.78, 5) is 23.4. The maximum absolute atomic E-state index is 11.6. The first-order valence-corrected chi connectivity index (χ1v) is 8.96. The number of hydrogen-bond acceptors (Lipinski definition) is 5. The molecule has 124 valence electrons. The molecule has 2 N–H and O–H groups in total. The number of anilines is 1. The molecule has 0 bridgehead atoms. The maximum atomic E-state index is 11.6. The quantitative estimate of drug-likeness (QED) is 0.690. The average molecular weight is 340 g/mol. The van der Waals surface area contributed by atoms with Crippen molar-refractivity contribution in [1.82, 2.24) is 15.0 Å². The monoisotopic (exact) mass is 340 g/mol. The molecular weight excluding hydrogens is 320 g/mol. The van der Waals surface area contributed by atoms with Gasteiger partial charge in [0.05, 0.1) is 5.69 Å². The highest BCUT2D eigenvalue weighted by molar-refractivity contribution is 7.13. The van der Waals surface area contributed by atoms with E-state index in [0.717, 1.165) is 41.2 Å². The zero-order valence-electron chi connectivity index (χ0n) is 13.6. The standard InChI is InChI=1S/C18H20N4OS/c1-2-6-14-11-16(23)22-18(21-14)19-10-9-15-12-24-17(20-15)13-7-4-3-5-8-13/h3-5,7-8,11-12H,2,6,9-10H2,1H3,(H2,19,21,22,23). The Labute approximate surface area is 144 Å². The molecule has 1 aromatic carbocycles. The molecule has 0 spiro atoms. The first-order chi connectivity index (χ1) is 11.7. The van der Waals surface area contributed by atoms with Crippen molar-refractivity contribution in [3.05, 3.63) is 63.5 Å². The van der Waals surface area contributed by atoms with E-state index in [1.54, 1.807) is 17.4 Å². The van der Waals surface area contributed by atoms with Crippen LogP contribution >= 0.6 is 11.3 Å². The molecule has 0 saturated heterocycles. The highest BCUT2D eigenvalue weighted by atomic mass is 32.1. The number of thiazole rings is 1. The lowest BCUT2D eigenvalue weighted by Crippen LogP contribution is -2.15. The van der Waals surface area contributed by atoms with Crippen molar-refractivity contribution in [2.24, 2.45) is 0 Å². The Balaban J connectivity index is 1.59. The number of rotatable bonds is 7. The molecule has 0 aliphatic rings. The molecule has 2 heterocycles. The van der Waals surface area contributed by atoms with Crippen LogP contribution in [0.5, 0.6) is 0 Å². The van der Waals surface area contributed by atoms with E-state index in [1.807, 2.05) is 18.2 Å². The van der Waals surface area contributed by atoms with E-state index in [4.69, 9.17) is 0 Å². The van der Waals surface area contributed by atoms with Crippen molar-refractivity contribution < 1.29 is 0 Å². The van der Waals surface area contributed by atoms with Crippen molar-refractivity contribution in [3.8, 4) is 10.6 Å². The van der Waals surface area contributed by atoms with Crippen molar-refractivity contribution in [1.29, 1.82) is 0 Å². The SMILES string of the molecule is CCCc1cc(=O)[nH]c(NCCc2csc(-c3ccccc3)n2)n1. The molecule has 0 unspecified atom stereocenters. The second-order valence-corrected chi connectivity index (χ2v) is 6.38. The van der Waals surface area contributed by atoms with Crippen molar-refractivity contribution in [2.75, 3.05) is 11.9 Å². The molecule has 0 atom stereocenters. The second kappa shape index (κ2) is 7.88. The predicted octanol–water partition coefficient (Wildman–Crippen LogP) is 3.50. The summed E-state index contributed by atoms with van der Waals surface area (Å²) in [7, 11) is 0. The summed E-state index contributed by atoms with van der Waals surface area (Å²) in [5.41, 5.74) is 2.89. The van der Waals surface area contributed by atoms with Gasteiger partial charge in [0, 0.05) is 35.7 Å². The van der Waals surface area contributed by atoms with Crippen LogP contribution < -0.4 is 10.9 Å². The van der Waals surface area contributed by atoms with E-state index >= 15 is 0 Å². The van der Waals surface area contributed by atoms with Gasteiger partial charge in [0.2, 0.25) is 5.95 Å². The number of hydrogen-bond donors (Lipinski definition) is 2. The fourth-order valence-electron chi connectivity index (χ4n) is 2.42. The molecule has 0 amide bonds. The molecular formula is C18H20N4OS. The van der Waals surface area contributed by atoms with Crippen molar-refractivity contribution in [2.45, 2.75) is 26.2 Å². The zero-order valence-corrected chi connectivity index (χ0v) is 14.4. The summed E-state index contributed by atoms with van der Waals surface area (Å²) in [6.45, 7) is 2.75. The number of nitrogens with zero attached hydrogens (tertiary/aromatic N) is 2. The van der Waals surface area contributed by atoms with E-state index in [1.165, 1.54) is 0 Å². The molecule has 0 aliphatic carbocycles. The maximum Gasteiger partial charge on any atom is 0.252 e. The summed E-state index contributed by atoms with van der Waals surface area (Å²) in [5, 5.41) is 6.29. The topological polar surface area (TPSA) is 70.7 Å². The van der Waals surface area contributed by atoms with Gasteiger partial charge in [-0.3, -0.25) is 9.78 Å². The molecule has 0 fully saturated rings. The summed E-state index contributed by atoms with van der Waals surface area (Å²) in [6.07, 6.45) is 2.56. The molecule has 0 aliphatic heterocycles. The molecule has 6 heteroatoms. The third kappa shape index (κ3) is 4.29. The molecule has 3 rings (SSSR count). The predicted molar refractivity (Wildman–Crippen MR) is 98.6 cm³/mol. The Morgan fingerprint density at radius 3 is 2.75 bits per heavy atom. The van der Waals surface area contributed by atoms with E-state index in [0.29, 0.717) is 12.5 Å². The number of H-pyrrole nitrogens is 1. The summed E-state index contributed by atoms with van der Waals surface area (Å²) in [5.74, 6) is 0.532. The average Bonchev–Trinajstić information content (AvgIpc) is 3.04. The van der Waals surface area contributed by atoms with Crippen LogP contribution in [0.3, 0.4) is 0 Å². The Bertz CT molecular complexity index is 841. The third-order valence-corrected chi connectivity index (χ3v) is 4.49. The van der Waals surface area contributed by atoms with E-state index < -0.39 is 0 Å². The first-order valence-electron chi connectivity index (χ1n) is 8.08. The van der Waals surface area contributed by atoms with Crippen LogP contribution in [0.1, 0.15) is 24.7 Å². The van der Waals surface area contributed by atoms with Gasteiger partial charge in [-0.25, -0.2) is 9.97 Å². The fraction of sp³-hybridized carbons (Fsp3) is 0.278. The van der Waals surface area contributed by atoms with Crippen LogP contribution in [0, 0.1) is 0 Å². The van der Waals surface area contributed by atoms with Gasteiger partial charge >= 0.3 is 0 Å². The van der Waals surface area contributed by atoms with Gasteiger partial charge in [0.15, 0.2) is 0 Å². The number of aryl methyl sites for hydroxylation is 1. The number of aromatic amines is 1. The molecule has 5 nitrogen and oxygen atoms in total. The van der Waals surface area contributed by atoms with Gasteiger partial charge in [-0.2, -0.15) is 0 Å². The van der Waals surface area contributed by atoms with Gasteiger partial charge in [-0.15, -0.1) is 11.3 Å². The minimum absolute atomic E-state index is 0.115. The van der Waals surface area contributed by atoms with Crippen LogP contribution in [0.2, 0.25) is 0 Å². The van der Waals surface area contributed by atoms with Gasteiger partial charge in [-0.05, 0) is 6.42 Å². The van der Waals surface area contributed by atoms with Crippen LogP contribution in [-0.2, 0) is 12.8 Å². The number of nitrogens with one attached hydrogen (secondary N) is 2. The Morgan fingerprint density at radius 2 is 1.96 bits per heavy atom. The molecule has 24 heavy (non-hydrogen) atoms. The Hall–Kier alpha value is -2.47. The van der Waals surface area contributed by atoms with Crippen LogP contribution in [0.15, 0.2) is 46.6 Å². The van der Waals surface area contributed by atoms with Gasteiger partial charge in [0.1, 0.15) is 5.01 Å². The van der Waals surface area contributed by atoms with Gasteiger partial charge in [-0.1, -0.05) is 43.7 Å². The van der Waals surface area contributed by atoms with Crippen molar-refractivity contribution in [3.63, 3.8) is 0 Å². The van der Waals surface area contributed by atoms with Crippen molar-refractivity contribution >= 4 is 17.3 Å². The normalized spacial score (nSPS) is 10.7. The largest absolute Gasteiger partial charge is 0.355 e. The Kier molecular flexibility index (Phi) is 5.38. The summed E-state index contributed by atoms with van der Waals surface area (Å²) < 4.78 is 0. The van der Waals surface area contributed by atoms with E-state index in [-0.39, 0.29) is 5.56 Å². The summed E-state index contributed by atoms with van der Waals surface area (Å²) >= 11 is 1.65. The smallest absolute Gasteiger partial charge is 0.252 e. The molecule has 3 aromatic rings. The second-order valence-electron chi connectivity index (χ2n) is 5.52.